The van der Waals surface area contributed by atoms with Crippen LogP contribution in [0, 0.1) is 0 Å². The molecule has 1 unspecified atom stereocenters. The van der Waals surface area contributed by atoms with Crippen LogP contribution in [0.15, 0.2) is 30.3 Å². The molecule has 0 bridgehead atoms. The van der Waals surface area contributed by atoms with E-state index in [9.17, 15) is 9.59 Å². The van der Waals surface area contributed by atoms with Crippen molar-refractivity contribution < 1.29 is 19.1 Å². The molecule has 1 aromatic carbocycles. The van der Waals surface area contributed by atoms with Crippen LogP contribution in [-0.4, -0.2) is 30.5 Å². The number of esters is 2. The zero-order valence-electron chi connectivity index (χ0n) is 14.0. The number of nitrogens with zero attached hydrogens (tertiary/aromatic N) is 1. The van der Waals surface area contributed by atoms with Crippen molar-refractivity contribution >= 4 is 34.9 Å². The molecule has 0 saturated heterocycles. The third kappa shape index (κ3) is 3.86. The van der Waals surface area contributed by atoms with Crippen molar-refractivity contribution in [2.75, 3.05) is 13.7 Å². The van der Waals surface area contributed by atoms with Crippen molar-refractivity contribution in [3.63, 3.8) is 0 Å². The molecule has 0 amide bonds. The Labute approximate surface area is 155 Å². The quantitative estimate of drug-likeness (QED) is 0.760. The van der Waals surface area contributed by atoms with Gasteiger partial charge >= 0.3 is 11.9 Å². The van der Waals surface area contributed by atoms with Gasteiger partial charge in [0.05, 0.1) is 7.11 Å². The van der Waals surface area contributed by atoms with Crippen LogP contribution in [0.5, 0.6) is 5.06 Å². The summed E-state index contributed by atoms with van der Waals surface area (Å²) in [6, 6.07) is 8.61. The van der Waals surface area contributed by atoms with Crippen molar-refractivity contribution in [2.45, 2.75) is 25.9 Å². The first-order chi connectivity index (χ1) is 12.0. The van der Waals surface area contributed by atoms with Crippen LogP contribution in [-0.2, 0) is 27.3 Å². The lowest BCUT2D eigenvalue weighted by atomic mass is 10.0. The van der Waals surface area contributed by atoms with E-state index in [1.54, 1.807) is 6.07 Å². The Morgan fingerprint density at radius 1 is 1.32 bits per heavy atom. The first kappa shape index (κ1) is 17.9. The van der Waals surface area contributed by atoms with Crippen molar-refractivity contribution in [1.29, 1.82) is 0 Å². The minimum Gasteiger partial charge on any atom is -0.468 e. The molecule has 1 aliphatic rings. The SMILES string of the molecule is COC(=O)C(c1ccccc1Cl)N1CCc2sc(OC(C)=O)cc2C1. The minimum absolute atomic E-state index is 0.334. The maximum atomic E-state index is 12.4. The van der Waals surface area contributed by atoms with Crippen LogP contribution >= 0.6 is 22.9 Å². The largest absolute Gasteiger partial charge is 0.468 e. The van der Waals surface area contributed by atoms with Crippen LogP contribution < -0.4 is 4.74 Å². The van der Waals surface area contributed by atoms with Gasteiger partial charge in [0, 0.05) is 29.9 Å². The number of fused-ring (bicyclic) bond motifs is 1. The summed E-state index contributed by atoms with van der Waals surface area (Å²) in [6.45, 7) is 2.64. The molecule has 0 N–H and O–H groups in total. The third-order valence-corrected chi connectivity index (χ3v) is 5.57. The Balaban J connectivity index is 1.89. The fraction of sp³-hybridized carbons (Fsp3) is 0.333. The molecular formula is C18H18ClNO4S. The molecule has 0 spiro atoms. The highest BCUT2D eigenvalue weighted by molar-refractivity contribution is 7.14. The Kier molecular flexibility index (Phi) is 5.42. The lowest BCUT2D eigenvalue weighted by Gasteiger charge is -2.33. The molecule has 1 aromatic heterocycles. The zero-order valence-corrected chi connectivity index (χ0v) is 15.5. The van der Waals surface area contributed by atoms with Crippen molar-refractivity contribution in [2.24, 2.45) is 0 Å². The Hall–Kier alpha value is -1.89. The Morgan fingerprint density at radius 2 is 2.08 bits per heavy atom. The van der Waals surface area contributed by atoms with Gasteiger partial charge < -0.3 is 9.47 Å². The molecule has 3 rings (SSSR count). The summed E-state index contributed by atoms with van der Waals surface area (Å²) in [7, 11) is 1.38. The molecule has 132 valence electrons. The van der Waals surface area contributed by atoms with Crippen molar-refractivity contribution in [1.82, 2.24) is 4.90 Å². The molecule has 0 fully saturated rings. The van der Waals surface area contributed by atoms with E-state index in [-0.39, 0.29) is 11.9 Å². The second kappa shape index (κ2) is 7.56. The average Bonchev–Trinajstić information content (AvgIpc) is 2.97. The smallest absolute Gasteiger partial charge is 0.327 e. The van der Waals surface area contributed by atoms with Crippen molar-refractivity contribution in [3.8, 4) is 5.06 Å². The highest BCUT2D eigenvalue weighted by Gasteiger charge is 2.33. The number of hydrogen-bond acceptors (Lipinski definition) is 6. The maximum absolute atomic E-state index is 12.4. The summed E-state index contributed by atoms with van der Waals surface area (Å²) in [5.74, 6) is -0.675. The number of halogens is 1. The summed E-state index contributed by atoms with van der Waals surface area (Å²) in [4.78, 5) is 26.8. The highest BCUT2D eigenvalue weighted by atomic mass is 35.5. The van der Waals surface area contributed by atoms with Crippen LogP contribution in [0.2, 0.25) is 5.02 Å². The van der Waals surface area contributed by atoms with Gasteiger partial charge in [-0.3, -0.25) is 9.69 Å². The third-order valence-electron chi connectivity index (χ3n) is 4.11. The first-order valence-corrected chi connectivity index (χ1v) is 9.05. The zero-order chi connectivity index (χ0) is 18.0. The van der Waals surface area contributed by atoms with Gasteiger partial charge in [-0.2, -0.15) is 0 Å². The predicted octanol–water partition coefficient (Wildman–Crippen LogP) is 3.60. The van der Waals surface area contributed by atoms with E-state index in [1.807, 2.05) is 29.2 Å². The summed E-state index contributed by atoms with van der Waals surface area (Å²) in [6.07, 6.45) is 0.777. The fourth-order valence-electron chi connectivity index (χ4n) is 3.02. The van der Waals surface area contributed by atoms with Crippen LogP contribution in [0.25, 0.3) is 0 Å². The van der Waals surface area contributed by atoms with Gasteiger partial charge in [-0.15, -0.1) is 11.3 Å². The predicted molar refractivity (Wildman–Crippen MR) is 96.0 cm³/mol. The molecular weight excluding hydrogens is 362 g/mol. The number of benzene rings is 1. The summed E-state index contributed by atoms with van der Waals surface area (Å²) < 4.78 is 10.2. The van der Waals surface area contributed by atoms with Crippen LogP contribution in [0.1, 0.15) is 29.0 Å². The van der Waals surface area contributed by atoms with Crippen LogP contribution in [0.3, 0.4) is 0 Å². The van der Waals surface area contributed by atoms with Gasteiger partial charge in [-0.1, -0.05) is 29.8 Å². The molecule has 0 radical (unpaired) electrons. The van der Waals surface area contributed by atoms with Crippen LogP contribution in [0.4, 0.5) is 0 Å². The molecule has 5 nitrogen and oxygen atoms in total. The topological polar surface area (TPSA) is 55.8 Å². The second-order valence-corrected chi connectivity index (χ2v) is 7.28. The van der Waals surface area contributed by atoms with Gasteiger partial charge in [0.2, 0.25) is 0 Å². The van der Waals surface area contributed by atoms with Gasteiger partial charge in [0.25, 0.3) is 0 Å². The molecule has 7 heteroatoms. The number of ether oxygens (including phenoxy) is 2. The van der Waals surface area contributed by atoms with Gasteiger partial charge in [-0.05, 0) is 29.7 Å². The molecule has 1 atom stereocenters. The molecule has 0 saturated carbocycles. The van der Waals surface area contributed by atoms with E-state index in [0.29, 0.717) is 23.2 Å². The molecule has 25 heavy (non-hydrogen) atoms. The highest BCUT2D eigenvalue weighted by Crippen LogP contribution is 2.37. The maximum Gasteiger partial charge on any atom is 0.327 e. The summed E-state index contributed by atoms with van der Waals surface area (Å²) in [5, 5.41) is 1.13. The number of hydrogen-bond donors (Lipinski definition) is 0. The normalized spacial score (nSPS) is 15.3. The number of rotatable bonds is 4. The van der Waals surface area contributed by atoms with Gasteiger partial charge in [-0.25, -0.2) is 4.79 Å². The second-order valence-electron chi connectivity index (χ2n) is 5.78. The number of carbonyl (C=O) groups excluding carboxylic acids is 2. The van der Waals surface area contributed by atoms with E-state index >= 15 is 0 Å². The van der Waals surface area contributed by atoms with E-state index in [4.69, 9.17) is 21.1 Å². The van der Waals surface area contributed by atoms with E-state index in [1.165, 1.54) is 30.2 Å². The molecule has 2 aromatic rings. The van der Waals surface area contributed by atoms with Gasteiger partial charge in [0.15, 0.2) is 5.06 Å². The van der Waals surface area contributed by atoms with Crippen molar-refractivity contribution in [3.05, 3.63) is 51.4 Å². The summed E-state index contributed by atoms with van der Waals surface area (Å²) in [5.41, 5.74) is 1.79. The standard InChI is InChI=1S/C18H18ClNO4S/c1-11(21)24-16-9-12-10-20(8-7-15(12)25-16)17(18(22)23-2)13-5-3-4-6-14(13)19/h3-6,9,17H,7-8,10H2,1-2H3. The number of thiophene rings is 1. The Morgan fingerprint density at radius 3 is 2.76 bits per heavy atom. The summed E-state index contributed by atoms with van der Waals surface area (Å²) >= 11 is 7.79. The average molecular weight is 380 g/mol. The fourth-order valence-corrected chi connectivity index (χ4v) is 4.31. The molecule has 2 heterocycles. The monoisotopic (exact) mass is 379 g/mol. The van der Waals surface area contributed by atoms with E-state index in [0.717, 1.165) is 17.5 Å². The molecule has 0 aliphatic carbocycles. The lowest BCUT2D eigenvalue weighted by molar-refractivity contribution is -0.147. The Bertz CT molecular complexity index is 804. The van der Waals surface area contributed by atoms with Gasteiger partial charge in [0.1, 0.15) is 6.04 Å². The first-order valence-electron chi connectivity index (χ1n) is 7.86. The minimum atomic E-state index is -0.566. The number of methoxy groups -OCH3 is 1. The number of carbonyl (C=O) groups is 2. The molecule has 1 aliphatic heterocycles. The van der Waals surface area contributed by atoms with E-state index in [2.05, 4.69) is 0 Å². The van der Waals surface area contributed by atoms with E-state index < -0.39 is 6.04 Å². The lowest BCUT2D eigenvalue weighted by Crippen LogP contribution is -2.38.